The van der Waals surface area contributed by atoms with Crippen LogP contribution < -0.4 is 0 Å². The summed E-state index contributed by atoms with van der Waals surface area (Å²) in [6, 6.07) is 0. The van der Waals surface area contributed by atoms with E-state index in [2.05, 4.69) is 58.3 Å². The summed E-state index contributed by atoms with van der Waals surface area (Å²) in [7, 11) is 0. The number of alkyl halides is 1. The Balaban J connectivity index is 0.985. The molecule has 0 amide bonds. The minimum Gasteiger partial charge on any atom is -0.390 e. The maximum Gasteiger partial charge on any atom is 0.170 e. The van der Waals surface area contributed by atoms with Crippen LogP contribution in [-0.4, -0.2) is 120 Å². The predicted molar refractivity (Wildman–Crippen MR) is 199 cm³/mol. The number of aliphatic hydroxyl groups is 2. The Kier molecular flexibility index (Phi) is 9.29. The van der Waals surface area contributed by atoms with Crippen LogP contribution in [0.4, 0.5) is 4.39 Å². The third-order valence-electron chi connectivity index (χ3n) is 17.9. The van der Waals surface area contributed by atoms with Crippen molar-refractivity contribution in [2.24, 2.45) is 50.7 Å². The smallest absolute Gasteiger partial charge is 0.170 e. The fourth-order valence-electron chi connectivity index (χ4n) is 15.4. The maximum absolute atomic E-state index is 13.6. The highest BCUT2D eigenvalue weighted by Gasteiger charge is 2.84. The molecular weight excluding hydrogens is 659 g/mol. The lowest BCUT2D eigenvalue weighted by atomic mass is 9.41. The minimum absolute atomic E-state index is 0.000872. The van der Waals surface area contributed by atoms with E-state index in [4.69, 9.17) is 18.9 Å². The molecule has 3 saturated heterocycles. The molecule has 9 heteroatoms. The van der Waals surface area contributed by atoms with Gasteiger partial charge in [0.2, 0.25) is 0 Å². The molecule has 0 aromatic carbocycles. The number of nitrogens with zero attached hydrogens (tertiary/aromatic N) is 2. The van der Waals surface area contributed by atoms with E-state index in [0.717, 1.165) is 45.3 Å². The van der Waals surface area contributed by atoms with Crippen molar-refractivity contribution in [2.75, 3.05) is 45.9 Å². The van der Waals surface area contributed by atoms with Gasteiger partial charge in [0.05, 0.1) is 43.2 Å². The summed E-state index contributed by atoms with van der Waals surface area (Å²) in [5.41, 5.74) is -0.678. The van der Waals surface area contributed by atoms with Crippen LogP contribution in [0.2, 0.25) is 0 Å². The van der Waals surface area contributed by atoms with E-state index in [1.54, 1.807) is 0 Å². The molecule has 52 heavy (non-hydrogen) atoms. The zero-order chi connectivity index (χ0) is 37.4. The molecule has 8 fully saturated rings. The predicted octanol–water partition coefficient (Wildman–Crippen LogP) is 6.45. The van der Waals surface area contributed by atoms with E-state index < -0.39 is 24.0 Å². The number of halogens is 1. The molecule has 8 nitrogen and oxygen atoms in total. The zero-order valence-electron chi connectivity index (χ0n) is 34.3. The van der Waals surface area contributed by atoms with Crippen molar-refractivity contribution in [3.63, 3.8) is 0 Å². The molecule has 3 heterocycles. The Labute approximate surface area is 314 Å². The van der Waals surface area contributed by atoms with Crippen molar-refractivity contribution in [3.05, 3.63) is 0 Å². The van der Waals surface area contributed by atoms with Gasteiger partial charge in [0.1, 0.15) is 12.3 Å². The Hall–Kier alpha value is -0.390. The maximum atomic E-state index is 13.6. The highest BCUT2D eigenvalue weighted by atomic mass is 19.1. The largest absolute Gasteiger partial charge is 0.390 e. The van der Waals surface area contributed by atoms with Gasteiger partial charge in [-0.15, -0.1) is 0 Å². The van der Waals surface area contributed by atoms with Crippen LogP contribution in [0, 0.1) is 50.7 Å². The fraction of sp³-hybridized carbons (Fsp3) is 1.00. The first-order valence-electron chi connectivity index (χ1n) is 21.3. The standard InChI is InChI=1S/C43H73FN2O6/c1-11-49-36(39(7,8)48)28-20-26(2)33-34(51-28)35(47)41(10)30-13-12-29-38(5,6)31(14-15-42(29)24-43(30,42)17-16-40(33,41)9)52-32-23-46(18-19-50-32)37(3,4)25-45-21-27(44)22-45/h26-36,47-48H,11-25H2,1-10H3/t26-,28-,29+,30+,31+,32+,33+,34+,35+,36+,40-,41-,42?,43+/m1/s1. The van der Waals surface area contributed by atoms with E-state index in [-0.39, 0.29) is 51.8 Å². The van der Waals surface area contributed by atoms with Gasteiger partial charge in [0.25, 0.3) is 0 Å². The first kappa shape index (κ1) is 38.5. The number of rotatable bonds is 9. The Morgan fingerprint density at radius 3 is 2.33 bits per heavy atom. The number of hydrogen-bond acceptors (Lipinski definition) is 8. The number of hydrogen-bond donors (Lipinski definition) is 2. The second-order valence-corrected chi connectivity index (χ2v) is 21.6. The number of ether oxygens (including phenoxy) is 4. The zero-order valence-corrected chi connectivity index (χ0v) is 34.3. The summed E-state index contributed by atoms with van der Waals surface area (Å²) in [5, 5.41) is 23.8. The lowest BCUT2D eigenvalue weighted by Gasteiger charge is -2.64. The number of likely N-dealkylation sites (tertiary alicyclic amines) is 1. The van der Waals surface area contributed by atoms with Crippen LogP contribution in [0.1, 0.15) is 121 Å². The molecule has 8 rings (SSSR count). The van der Waals surface area contributed by atoms with E-state index in [1.165, 1.54) is 25.7 Å². The SMILES string of the molecule is CCO[C@@H]([C@H]1C[C@@H](C)[C@H]2[C@H](O1)[C@H](O)[C@@]1(C)[C@@H]3CC[C@H]4C(C)(C)[C@@H](O[C@H]5CN(C(C)(C)CN6CC(F)C6)CCO5)CCC45C[C@@]35CC[C@]21C)C(C)(C)O. The fourth-order valence-corrected chi connectivity index (χ4v) is 15.4. The monoisotopic (exact) mass is 733 g/mol. The highest BCUT2D eigenvalue weighted by molar-refractivity contribution is 5.33. The van der Waals surface area contributed by atoms with Crippen molar-refractivity contribution in [2.45, 2.75) is 175 Å². The molecule has 2 N–H and O–H groups in total. The molecule has 5 saturated carbocycles. The Morgan fingerprint density at radius 1 is 0.962 bits per heavy atom. The molecular formula is C43H73FN2O6. The van der Waals surface area contributed by atoms with Gasteiger partial charge >= 0.3 is 0 Å². The molecule has 3 aliphatic heterocycles. The van der Waals surface area contributed by atoms with Gasteiger partial charge in [0.15, 0.2) is 6.29 Å². The summed E-state index contributed by atoms with van der Waals surface area (Å²) in [6.45, 7) is 27.3. The molecule has 298 valence electrons. The lowest BCUT2D eigenvalue weighted by molar-refractivity contribution is -0.254. The van der Waals surface area contributed by atoms with E-state index >= 15 is 0 Å². The summed E-state index contributed by atoms with van der Waals surface area (Å²) < 4.78 is 40.0. The van der Waals surface area contributed by atoms with Gasteiger partial charge in [-0.2, -0.15) is 0 Å². The molecule has 1 unspecified atom stereocenters. The van der Waals surface area contributed by atoms with Gasteiger partial charge in [-0.3, -0.25) is 9.80 Å². The molecule has 5 aliphatic carbocycles. The average molecular weight is 733 g/mol. The van der Waals surface area contributed by atoms with Crippen molar-refractivity contribution < 1.29 is 33.6 Å². The normalized spacial score (nSPS) is 49.9. The highest BCUT2D eigenvalue weighted by Crippen LogP contribution is 2.89. The van der Waals surface area contributed by atoms with E-state index in [0.29, 0.717) is 55.4 Å². The first-order chi connectivity index (χ1) is 24.2. The summed E-state index contributed by atoms with van der Waals surface area (Å²) in [4.78, 5) is 4.73. The number of fused-ring (bicyclic) bond motifs is 4. The summed E-state index contributed by atoms with van der Waals surface area (Å²) in [5.74, 6) is 1.75. The van der Waals surface area contributed by atoms with E-state index in [9.17, 15) is 14.6 Å². The molecule has 0 bridgehead atoms. The van der Waals surface area contributed by atoms with Gasteiger partial charge in [0, 0.05) is 43.7 Å². The van der Waals surface area contributed by atoms with Gasteiger partial charge in [-0.1, -0.05) is 34.6 Å². The van der Waals surface area contributed by atoms with E-state index in [1.807, 2.05) is 20.8 Å². The second kappa shape index (κ2) is 12.6. The lowest BCUT2D eigenvalue weighted by Crippen LogP contribution is -2.62. The van der Waals surface area contributed by atoms with Crippen LogP contribution in [-0.2, 0) is 18.9 Å². The van der Waals surface area contributed by atoms with Crippen molar-refractivity contribution in [1.82, 2.24) is 9.80 Å². The molecule has 0 aromatic heterocycles. The van der Waals surface area contributed by atoms with Crippen molar-refractivity contribution in [3.8, 4) is 0 Å². The minimum atomic E-state index is -1.02. The van der Waals surface area contributed by atoms with Gasteiger partial charge in [-0.05, 0) is 131 Å². The average Bonchev–Trinajstić information content (AvgIpc) is 3.68. The Morgan fingerprint density at radius 2 is 1.65 bits per heavy atom. The molecule has 2 spiro atoms. The topological polar surface area (TPSA) is 83.9 Å². The van der Waals surface area contributed by atoms with Gasteiger partial charge < -0.3 is 29.2 Å². The van der Waals surface area contributed by atoms with Crippen LogP contribution in [0.15, 0.2) is 0 Å². The van der Waals surface area contributed by atoms with Gasteiger partial charge in [-0.25, -0.2) is 4.39 Å². The number of aliphatic hydroxyl groups excluding tert-OH is 1. The molecule has 8 aliphatic rings. The van der Waals surface area contributed by atoms with Crippen LogP contribution in [0.25, 0.3) is 0 Å². The summed E-state index contributed by atoms with van der Waals surface area (Å²) in [6.07, 6.45) is 6.98. The third-order valence-corrected chi connectivity index (χ3v) is 17.9. The van der Waals surface area contributed by atoms with Crippen LogP contribution in [0.5, 0.6) is 0 Å². The number of morpholine rings is 1. The van der Waals surface area contributed by atoms with Crippen LogP contribution >= 0.6 is 0 Å². The Bertz CT molecular complexity index is 1350. The van der Waals surface area contributed by atoms with Crippen molar-refractivity contribution >= 4 is 0 Å². The molecule has 0 radical (unpaired) electrons. The first-order valence-corrected chi connectivity index (χ1v) is 21.3. The van der Waals surface area contributed by atoms with Crippen LogP contribution in [0.3, 0.4) is 0 Å². The molecule has 0 aromatic rings. The second-order valence-electron chi connectivity index (χ2n) is 21.6. The third kappa shape index (κ3) is 5.38. The summed E-state index contributed by atoms with van der Waals surface area (Å²) >= 11 is 0. The van der Waals surface area contributed by atoms with Crippen molar-refractivity contribution in [1.29, 1.82) is 0 Å². The molecule has 14 atom stereocenters. The quantitative estimate of drug-likeness (QED) is 0.280.